The molecule has 0 atom stereocenters. The number of aryl methyl sites for hydroxylation is 1. The van der Waals surface area contributed by atoms with E-state index in [1.54, 1.807) is 32.2 Å². The van der Waals surface area contributed by atoms with E-state index in [0.29, 0.717) is 22.6 Å². The summed E-state index contributed by atoms with van der Waals surface area (Å²) in [6.45, 7) is 2.09. The number of H-pyrrole nitrogens is 1. The lowest BCUT2D eigenvalue weighted by molar-refractivity contribution is 0.177. The van der Waals surface area contributed by atoms with Crippen LogP contribution in [0.3, 0.4) is 0 Å². The quantitative estimate of drug-likeness (QED) is 0.863. The highest BCUT2D eigenvalue weighted by Gasteiger charge is 2.04. The lowest BCUT2D eigenvalue weighted by Gasteiger charge is -2.07. The fraction of sp³-hybridized carbons (Fsp3) is 0.231. The van der Waals surface area contributed by atoms with Crippen molar-refractivity contribution < 1.29 is 9.13 Å². The van der Waals surface area contributed by atoms with Crippen LogP contribution in [0.25, 0.3) is 11.3 Å². The Morgan fingerprint density at radius 2 is 2.17 bits per heavy atom. The third-order valence-corrected chi connectivity index (χ3v) is 2.75. The van der Waals surface area contributed by atoms with E-state index in [0.717, 1.165) is 11.3 Å². The Bertz CT molecular complexity index is 625. The zero-order valence-electron chi connectivity index (χ0n) is 10.2. The van der Waals surface area contributed by atoms with Gasteiger partial charge in [0.15, 0.2) is 0 Å². The van der Waals surface area contributed by atoms with Crippen LogP contribution >= 0.6 is 12.2 Å². The van der Waals surface area contributed by atoms with Crippen molar-refractivity contribution in [1.29, 1.82) is 0 Å². The molecular weight excluding hydrogens is 251 g/mol. The van der Waals surface area contributed by atoms with Gasteiger partial charge in [-0.2, -0.15) is 0 Å². The van der Waals surface area contributed by atoms with E-state index in [1.165, 1.54) is 6.07 Å². The number of benzene rings is 1. The molecular formula is C13H13FN2OS. The Morgan fingerprint density at radius 1 is 1.39 bits per heavy atom. The summed E-state index contributed by atoms with van der Waals surface area (Å²) in [5.41, 5.74) is 2.28. The maximum absolute atomic E-state index is 13.2. The van der Waals surface area contributed by atoms with Crippen LogP contribution in [0.2, 0.25) is 0 Å². The van der Waals surface area contributed by atoms with Crippen molar-refractivity contribution in [3.8, 4) is 11.3 Å². The molecule has 0 unspecified atom stereocenters. The van der Waals surface area contributed by atoms with Crippen LogP contribution in [0.5, 0.6) is 0 Å². The lowest BCUT2D eigenvalue weighted by Crippen LogP contribution is -1.99. The van der Waals surface area contributed by atoms with E-state index in [-0.39, 0.29) is 5.82 Å². The Balaban J connectivity index is 2.49. The second kappa shape index (κ2) is 5.37. The zero-order chi connectivity index (χ0) is 13.1. The number of methoxy groups -OCH3 is 1. The van der Waals surface area contributed by atoms with Crippen LogP contribution in [-0.2, 0) is 11.3 Å². The number of nitrogens with one attached hydrogen (secondary N) is 1. The predicted octanol–water partition coefficient (Wildman–Crippen LogP) is 3.40. The molecule has 2 rings (SSSR count). The minimum absolute atomic E-state index is 0.219. The predicted molar refractivity (Wildman–Crippen MR) is 70.3 cm³/mol. The molecule has 0 fully saturated rings. The third kappa shape index (κ3) is 2.80. The van der Waals surface area contributed by atoms with Crippen molar-refractivity contribution in [3.63, 3.8) is 0 Å². The average molecular weight is 264 g/mol. The minimum Gasteiger partial charge on any atom is -0.377 e. The highest BCUT2D eigenvalue weighted by Crippen LogP contribution is 2.20. The van der Waals surface area contributed by atoms with Gasteiger partial charge in [-0.3, -0.25) is 0 Å². The van der Waals surface area contributed by atoms with Gasteiger partial charge in [-0.25, -0.2) is 9.37 Å². The van der Waals surface area contributed by atoms with Crippen LogP contribution in [0.4, 0.5) is 4.39 Å². The zero-order valence-corrected chi connectivity index (χ0v) is 11.0. The fourth-order valence-electron chi connectivity index (χ4n) is 1.68. The Labute approximate surface area is 110 Å². The first kappa shape index (κ1) is 12.9. The summed E-state index contributed by atoms with van der Waals surface area (Å²) >= 11 is 5.10. The van der Waals surface area contributed by atoms with Crippen LogP contribution in [-0.4, -0.2) is 17.1 Å². The number of aromatic nitrogens is 2. The van der Waals surface area contributed by atoms with Crippen molar-refractivity contribution in [2.24, 2.45) is 0 Å². The highest BCUT2D eigenvalue weighted by molar-refractivity contribution is 7.71. The molecule has 0 saturated carbocycles. The SMILES string of the molecule is COCc1nc(=S)cc(-c2ccc(F)c(C)c2)[nH]1. The molecule has 94 valence electrons. The van der Waals surface area contributed by atoms with E-state index in [4.69, 9.17) is 17.0 Å². The molecule has 0 radical (unpaired) electrons. The maximum Gasteiger partial charge on any atom is 0.134 e. The smallest absolute Gasteiger partial charge is 0.134 e. The molecule has 0 saturated heterocycles. The van der Waals surface area contributed by atoms with Crippen LogP contribution in [0.15, 0.2) is 24.3 Å². The molecule has 1 N–H and O–H groups in total. The van der Waals surface area contributed by atoms with E-state index >= 15 is 0 Å². The number of hydrogen-bond acceptors (Lipinski definition) is 3. The molecule has 0 aliphatic rings. The van der Waals surface area contributed by atoms with Crippen molar-refractivity contribution in [1.82, 2.24) is 9.97 Å². The molecule has 1 aromatic carbocycles. The second-order valence-corrected chi connectivity index (χ2v) is 4.39. The molecule has 2 aromatic rings. The molecule has 0 bridgehead atoms. The summed E-state index contributed by atoms with van der Waals surface area (Å²) in [5, 5.41) is 0. The van der Waals surface area contributed by atoms with Crippen LogP contribution in [0.1, 0.15) is 11.4 Å². The minimum atomic E-state index is -0.219. The molecule has 1 heterocycles. The maximum atomic E-state index is 13.2. The number of hydrogen-bond donors (Lipinski definition) is 1. The van der Waals surface area contributed by atoms with Gasteiger partial charge >= 0.3 is 0 Å². The van der Waals surface area contributed by atoms with E-state index in [1.807, 2.05) is 0 Å². The fourth-order valence-corrected chi connectivity index (χ4v) is 1.91. The van der Waals surface area contributed by atoms with E-state index in [9.17, 15) is 4.39 Å². The molecule has 0 amide bonds. The lowest BCUT2D eigenvalue weighted by atomic mass is 10.1. The van der Waals surface area contributed by atoms with Gasteiger partial charge in [0.25, 0.3) is 0 Å². The number of aromatic amines is 1. The van der Waals surface area contributed by atoms with Crippen molar-refractivity contribution in [3.05, 3.63) is 46.1 Å². The summed E-state index contributed by atoms with van der Waals surface area (Å²) in [7, 11) is 1.59. The first-order chi connectivity index (χ1) is 8.60. The van der Waals surface area contributed by atoms with E-state index < -0.39 is 0 Å². The van der Waals surface area contributed by atoms with Crippen molar-refractivity contribution >= 4 is 12.2 Å². The highest BCUT2D eigenvalue weighted by atomic mass is 32.1. The number of nitrogens with zero attached hydrogens (tertiary/aromatic N) is 1. The van der Waals surface area contributed by atoms with Gasteiger partial charge in [0, 0.05) is 12.8 Å². The van der Waals surface area contributed by atoms with Gasteiger partial charge in [0.05, 0.1) is 0 Å². The Hall–Kier alpha value is -1.59. The van der Waals surface area contributed by atoms with Gasteiger partial charge in [-0.1, -0.05) is 12.2 Å². The van der Waals surface area contributed by atoms with Crippen LogP contribution in [0, 0.1) is 17.4 Å². The largest absolute Gasteiger partial charge is 0.377 e. The summed E-state index contributed by atoms with van der Waals surface area (Å²) < 4.78 is 18.7. The molecule has 3 nitrogen and oxygen atoms in total. The molecule has 0 aliphatic heterocycles. The monoisotopic (exact) mass is 264 g/mol. The first-order valence-electron chi connectivity index (χ1n) is 5.46. The van der Waals surface area contributed by atoms with Gasteiger partial charge in [0.2, 0.25) is 0 Å². The molecule has 0 aliphatic carbocycles. The normalized spacial score (nSPS) is 10.6. The standard InChI is InChI=1S/C13H13FN2OS/c1-8-5-9(3-4-10(8)14)11-6-13(18)16-12(15-11)7-17-2/h3-6H,7H2,1-2H3,(H,15,16,18). The first-order valence-corrected chi connectivity index (χ1v) is 5.86. The second-order valence-electron chi connectivity index (χ2n) is 3.98. The molecule has 0 spiro atoms. The van der Waals surface area contributed by atoms with Gasteiger partial charge in [-0.15, -0.1) is 0 Å². The molecule has 5 heteroatoms. The summed E-state index contributed by atoms with van der Waals surface area (Å²) in [4.78, 5) is 7.27. The Morgan fingerprint density at radius 3 is 2.83 bits per heavy atom. The van der Waals surface area contributed by atoms with E-state index in [2.05, 4.69) is 9.97 Å². The van der Waals surface area contributed by atoms with Gasteiger partial charge in [-0.05, 0) is 42.3 Å². The Kier molecular flexibility index (Phi) is 3.84. The third-order valence-electron chi connectivity index (χ3n) is 2.54. The number of rotatable bonds is 3. The van der Waals surface area contributed by atoms with Crippen LogP contribution < -0.4 is 0 Å². The molecule has 18 heavy (non-hydrogen) atoms. The van der Waals surface area contributed by atoms with Crippen molar-refractivity contribution in [2.45, 2.75) is 13.5 Å². The summed E-state index contributed by atoms with van der Waals surface area (Å²) in [6, 6.07) is 6.67. The van der Waals surface area contributed by atoms with Gasteiger partial charge in [0.1, 0.15) is 22.9 Å². The summed E-state index contributed by atoms with van der Waals surface area (Å²) in [5.74, 6) is 0.436. The van der Waals surface area contributed by atoms with Crippen molar-refractivity contribution in [2.75, 3.05) is 7.11 Å². The topological polar surface area (TPSA) is 37.9 Å². The number of halogens is 1. The summed E-state index contributed by atoms with van der Waals surface area (Å²) in [6.07, 6.45) is 0. The molecule has 1 aromatic heterocycles. The average Bonchev–Trinajstić information content (AvgIpc) is 2.32. The number of ether oxygens (including phenoxy) is 1. The van der Waals surface area contributed by atoms with Gasteiger partial charge < -0.3 is 9.72 Å².